The summed E-state index contributed by atoms with van der Waals surface area (Å²) >= 11 is 0. The molecule has 3 aromatic rings. The molecule has 0 fully saturated rings. The van der Waals surface area contributed by atoms with Crippen LogP contribution in [0.3, 0.4) is 0 Å². The number of aromatic nitrogens is 3. The van der Waals surface area contributed by atoms with Crippen LogP contribution in [0.2, 0.25) is 0 Å². The van der Waals surface area contributed by atoms with Gasteiger partial charge in [0.25, 0.3) is 5.91 Å². The maximum absolute atomic E-state index is 12.5. The van der Waals surface area contributed by atoms with E-state index in [0.717, 1.165) is 0 Å². The van der Waals surface area contributed by atoms with E-state index < -0.39 is 0 Å². The minimum atomic E-state index is -0.368. The quantitative estimate of drug-likeness (QED) is 0.771. The van der Waals surface area contributed by atoms with Crippen LogP contribution >= 0.6 is 0 Å². The van der Waals surface area contributed by atoms with Gasteiger partial charge in [0.2, 0.25) is 11.7 Å². The van der Waals surface area contributed by atoms with Crippen molar-refractivity contribution in [1.82, 2.24) is 14.6 Å². The molecule has 0 spiro atoms. The number of methoxy groups -OCH3 is 3. The van der Waals surface area contributed by atoms with Crippen LogP contribution < -0.4 is 19.5 Å². The van der Waals surface area contributed by atoms with Gasteiger partial charge in [-0.15, -0.1) is 10.2 Å². The van der Waals surface area contributed by atoms with Gasteiger partial charge in [0.05, 0.1) is 21.3 Å². The number of fused-ring (bicyclic) bond motifs is 1. The van der Waals surface area contributed by atoms with Crippen LogP contribution in [0.5, 0.6) is 17.2 Å². The molecule has 0 aliphatic carbocycles. The molecule has 2 aromatic heterocycles. The summed E-state index contributed by atoms with van der Waals surface area (Å²) in [5, 5.41) is 10.7. The predicted molar refractivity (Wildman–Crippen MR) is 87.0 cm³/mol. The van der Waals surface area contributed by atoms with Crippen LogP contribution in [0.15, 0.2) is 36.5 Å². The van der Waals surface area contributed by atoms with Crippen molar-refractivity contribution in [3.05, 3.63) is 42.1 Å². The normalized spacial score (nSPS) is 10.5. The third-order valence-electron chi connectivity index (χ3n) is 3.47. The molecule has 0 unspecified atom stereocenters. The van der Waals surface area contributed by atoms with E-state index in [1.165, 1.54) is 21.3 Å². The number of carbonyl (C=O) groups excluding carboxylic acids is 1. The Hall–Kier alpha value is -3.29. The first-order chi connectivity index (χ1) is 11.7. The highest BCUT2D eigenvalue weighted by atomic mass is 16.5. The molecule has 1 N–H and O–H groups in total. The molecule has 1 amide bonds. The van der Waals surface area contributed by atoms with Gasteiger partial charge in [-0.25, -0.2) is 0 Å². The fourth-order valence-electron chi connectivity index (χ4n) is 2.31. The molecule has 8 heteroatoms. The van der Waals surface area contributed by atoms with Crippen LogP contribution in [0.1, 0.15) is 10.4 Å². The van der Waals surface area contributed by atoms with Gasteiger partial charge in [-0.1, -0.05) is 6.07 Å². The van der Waals surface area contributed by atoms with Crippen molar-refractivity contribution < 1.29 is 19.0 Å². The van der Waals surface area contributed by atoms with E-state index in [2.05, 4.69) is 15.5 Å². The number of amides is 1. The van der Waals surface area contributed by atoms with Crippen LogP contribution in [0, 0.1) is 0 Å². The van der Waals surface area contributed by atoms with Gasteiger partial charge in [-0.3, -0.25) is 14.5 Å². The second-order valence-electron chi connectivity index (χ2n) is 4.82. The molecule has 124 valence electrons. The maximum Gasteiger partial charge on any atom is 0.258 e. The third kappa shape index (κ3) is 2.69. The first-order valence-corrected chi connectivity index (χ1v) is 7.09. The van der Waals surface area contributed by atoms with E-state index in [1.807, 2.05) is 12.1 Å². The third-order valence-corrected chi connectivity index (χ3v) is 3.47. The molecule has 2 heterocycles. The molecule has 24 heavy (non-hydrogen) atoms. The highest BCUT2D eigenvalue weighted by Crippen LogP contribution is 2.38. The summed E-state index contributed by atoms with van der Waals surface area (Å²) in [7, 11) is 4.48. The molecule has 0 saturated heterocycles. The minimum Gasteiger partial charge on any atom is -0.493 e. The molecule has 0 bridgehead atoms. The highest BCUT2D eigenvalue weighted by Gasteiger charge is 2.18. The Morgan fingerprint density at radius 2 is 1.75 bits per heavy atom. The summed E-state index contributed by atoms with van der Waals surface area (Å²) in [5.74, 6) is 1.17. The lowest BCUT2D eigenvalue weighted by molar-refractivity contribution is 0.102. The smallest absolute Gasteiger partial charge is 0.258 e. The Labute approximate surface area is 138 Å². The van der Waals surface area contributed by atoms with Crippen LogP contribution in [-0.2, 0) is 0 Å². The van der Waals surface area contributed by atoms with E-state index in [9.17, 15) is 4.79 Å². The van der Waals surface area contributed by atoms with Gasteiger partial charge in [0.1, 0.15) is 0 Å². The molecule has 0 saturated carbocycles. The number of hydrogen-bond acceptors (Lipinski definition) is 6. The van der Waals surface area contributed by atoms with E-state index in [-0.39, 0.29) is 5.91 Å². The summed E-state index contributed by atoms with van der Waals surface area (Å²) in [6.07, 6.45) is 1.76. The van der Waals surface area contributed by atoms with E-state index in [4.69, 9.17) is 14.2 Å². The van der Waals surface area contributed by atoms with Gasteiger partial charge in [0, 0.05) is 11.8 Å². The lowest BCUT2D eigenvalue weighted by Gasteiger charge is -2.13. The zero-order valence-electron chi connectivity index (χ0n) is 13.4. The minimum absolute atomic E-state index is 0.323. The fraction of sp³-hybridized carbons (Fsp3) is 0.188. The van der Waals surface area contributed by atoms with Gasteiger partial charge in [-0.2, -0.15) is 0 Å². The Morgan fingerprint density at radius 3 is 2.38 bits per heavy atom. The summed E-state index contributed by atoms with van der Waals surface area (Å²) in [4.78, 5) is 12.5. The molecule has 3 rings (SSSR count). The average Bonchev–Trinajstić information content (AvgIpc) is 3.03. The van der Waals surface area contributed by atoms with E-state index in [1.54, 1.807) is 28.8 Å². The molecule has 0 radical (unpaired) electrons. The first kappa shape index (κ1) is 15.6. The standard InChI is InChI=1S/C16H16N4O4/c1-22-11-8-10(9-12(23-2)14(11)24-3)15(21)17-16-19-18-13-6-4-5-7-20(13)16/h4-9H,1-3H3,(H,17,19,21). The number of pyridine rings is 1. The lowest BCUT2D eigenvalue weighted by atomic mass is 10.1. The molecule has 0 atom stereocenters. The number of benzene rings is 1. The second kappa shape index (κ2) is 6.45. The lowest BCUT2D eigenvalue weighted by Crippen LogP contribution is -2.14. The van der Waals surface area contributed by atoms with Crippen LogP contribution in [-0.4, -0.2) is 41.8 Å². The van der Waals surface area contributed by atoms with Gasteiger partial charge >= 0.3 is 0 Å². The average molecular weight is 328 g/mol. The number of hydrogen-bond donors (Lipinski definition) is 1. The maximum atomic E-state index is 12.5. The Bertz CT molecular complexity index is 866. The van der Waals surface area contributed by atoms with Crippen LogP contribution in [0.25, 0.3) is 5.65 Å². The zero-order chi connectivity index (χ0) is 17.1. The predicted octanol–water partition coefficient (Wildman–Crippen LogP) is 2.01. The van der Waals surface area contributed by atoms with Gasteiger partial charge in [0.15, 0.2) is 17.1 Å². The first-order valence-electron chi connectivity index (χ1n) is 7.09. The van der Waals surface area contributed by atoms with Crippen molar-refractivity contribution in [3.63, 3.8) is 0 Å². The summed E-state index contributed by atoms with van der Waals surface area (Å²) in [5.41, 5.74) is 0.981. The number of rotatable bonds is 5. The van der Waals surface area contributed by atoms with Crippen molar-refractivity contribution >= 4 is 17.5 Å². The second-order valence-corrected chi connectivity index (χ2v) is 4.82. The van der Waals surface area contributed by atoms with Crippen molar-refractivity contribution in [3.8, 4) is 17.2 Å². The molecular formula is C16H16N4O4. The van der Waals surface area contributed by atoms with Gasteiger partial charge < -0.3 is 14.2 Å². The number of nitrogens with zero attached hydrogens (tertiary/aromatic N) is 3. The van der Waals surface area contributed by atoms with Crippen molar-refractivity contribution in [2.75, 3.05) is 26.6 Å². The topological polar surface area (TPSA) is 87.0 Å². The molecule has 8 nitrogen and oxygen atoms in total. The number of carbonyl (C=O) groups is 1. The highest BCUT2D eigenvalue weighted by molar-refractivity contribution is 6.04. The zero-order valence-corrected chi connectivity index (χ0v) is 13.4. The Morgan fingerprint density at radius 1 is 1.04 bits per heavy atom. The molecule has 1 aromatic carbocycles. The number of ether oxygens (including phenoxy) is 3. The summed E-state index contributed by atoms with van der Waals surface area (Å²) in [6.45, 7) is 0. The van der Waals surface area contributed by atoms with Crippen molar-refractivity contribution in [2.45, 2.75) is 0 Å². The SMILES string of the molecule is COc1cc(C(=O)Nc2nnc3ccccn23)cc(OC)c1OC. The van der Waals surface area contributed by atoms with Crippen LogP contribution in [0.4, 0.5) is 5.95 Å². The van der Waals surface area contributed by atoms with Crippen molar-refractivity contribution in [2.24, 2.45) is 0 Å². The molecule has 0 aliphatic rings. The number of nitrogens with one attached hydrogen (secondary N) is 1. The fourth-order valence-corrected chi connectivity index (χ4v) is 2.31. The van der Waals surface area contributed by atoms with Crippen molar-refractivity contribution in [1.29, 1.82) is 0 Å². The monoisotopic (exact) mass is 328 g/mol. The van der Waals surface area contributed by atoms with Gasteiger partial charge in [-0.05, 0) is 24.3 Å². The largest absolute Gasteiger partial charge is 0.493 e. The molecular weight excluding hydrogens is 312 g/mol. The summed E-state index contributed by atoms with van der Waals surface area (Å²) < 4.78 is 17.4. The number of anilines is 1. The Kier molecular flexibility index (Phi) is 4.19. The summed E-state index contributed by atoms with van der Waals surface area (Å²) in [6, 6.07) is 8.60. The molecule has 0 aliphatic heterocycles. The van der Waals surface area contributed by atoms with E-state index in [0.29, 0.717) is 34.4 Å². The van der Waals surface area contributed by atoms with E-state index >= 15 is 0 Å². The Balaban J connectivity index is 1.95.